The number of rotatable bonds is 6. The van der Waals surface area contributed by atoms with Gasteiger partial charge in [-0.05, 0) is 24.6 Å². The molecule has 1 aromatic rings. The number of carbonyl (C=O) groups is 2. The highest BCUT2D eigenvalue weighted by molar-refractivity contribution is 5.97. The lowest BCUT2D eigenvalue weighted by atomic mass is 10.1. The summed E-state index contributed by atoms with van der Waals surface area (Å²) < 4.78 is 5.07. The van der Waals surface area contributed by atoms with Gasteiger partial charge in [0.05, 0.1) is 12.8 Å². The molecule has 0 aliphatic heterocycles. The number of amides is 2. The van der Waals surface area contributed by atoms with Crippen molar-refractivity contribution in [2.75, 3.05) is 40.0 Å². The maximum Gasteiger partial charge on any atom is 0.254 e. The molecule has 0 aromatic heterocycles. The third kappa shape index (κ3) is 4.37. The maximum absolute atomic E-state index is 12.5. The Morgan fingerprint density at radius 3 is 2.43 bits per heavy atom. The number of anilines is 1. The standard InChI is InChI=1S/C15H23N3O3/c1-5-8-18(10-14(19)17(2)3)15(20)11-6-7-13(21-4)12(16)9-11/h6-7,9H,5,8,10,16H2,1-4H3. The van der Waals surface area contributed by atoms with E-state index in [0.717, 1.165) is 6.42 Å². The molecule has 116 valence electrons. The van der Waals surface area contributed by atoms with Gasteiger partial charge in [-0.3, -0.25) is 9.59 Å². The molecule has 0 fully saturated rings. The Morgan fingerprint density at radius 2 is 1.95 bits per heavy atom. The smallest absolute Gasteiger partial charge is 0.254 e. The van der Waals surface area contributed by atoms with Crippen LogP contribution in [0.3, 0.4) is 0 Å². The topological polar surface area (TPSA) is 75.9 Å². The molecule has 0 radical (unpaired) electrons. The van der Waals surface area contributed by atoms with Crippen molar-refractivity contribution in [2.45, 2.75) is 13.3 Å². The zero-order valence-corrected chi connectivity index (χ0v) is 13.0. The zero-order chi connectivity index (χ0) is 16.0. The van der Waals surface area contributed by atoms with Crippen molar-refractivity contribution in [2.24, 2.45) is 0 Å². The summed E-state index contributed by atoms with van der Waals surface area (Å²) in [4.78, 5) is 27.3. The largest absolute Gasteiger partial charge is 0.495 e. The lowest BCUT2D eigenvalue weighted by Gasteiger charge is -2.23. The Labute approximate surface area is 125 Å². The summed E-state index contributed by atoms with van der Waals surface area (Å²) in [7, 11) is 4.86. The van der Waals surface area contributed by atoms with E-state index < -0.39 is 0 Å². The molecule has 1 aromatic carbocycles. The number of hydrogen-bond acceptors (Lipinski definition) is 4. The maximum atomic E-state index is 12.5. The van der Waals surface area contributed by atoms with Crippen LogP contribution in [0.5, 0.6) is 5.75 Å². The minimum absolute atomic E-state index is 0.0611. The van der Waals surface area contributed by atoms with Crippen LogP contribution in [0.15, 0.2) is 18.2 Å². The molecule has 0 spiro atoms. The first-order chi connectivity index (χ1) is 9.90. The number of nitrogen functional groups attached to an aromatic ring is 1. The monoisotopic (exact) mass is 293 g/mol. The quantitative estimate of drug-likeness (QED) is 0.800. The van der Waals surface area contributed by atoms with E-state index in [2.05, 4.69) is 0 Å². The first-order valence-electron chi connectivity index (χ1n) is 6.83. The van der Waals surface area contributed by atoms with Crippen LogP contribution in [-0.2, 0) is 4.79 Å². The third-order valence-electron chi connectivity index (χ3n) is 3.08. The van der Waals surface area contributed by atoms with Gasteiger partial charge in [-0.25, -0.2) is 0 Å². The van der Waals surface area contributed by atoms with Crippen molar-refractivity contribution in [1.82, 2.24) is 9.80 Å². The van der Waals surface area contributed by atoms with Crippen molar-refractivity contribution < 1.29 is 14.3 Å². The predicted molar refractivity (Wildman–Crippen MR) is 82.3 cm³/mol. The number of ether oxygens (including phenoxy) is 1. The summed E-state index contributed by atoms with van der Waals surface area (Å²) in [6.45, 7) is 2.54. The second-order valence-corrected chi connectivity index (χ2v) is 4.97. The van der Waals surface area contributed by atoms with E-state index in [9.17, 15) is 9.59 Å². The first kappa shape index (κ1) is 16.8. The highest BCUT2D eigenvalue weighted by Crippen LogP contribution is 2.22. The Hall–Kier alpha value is -2.24. The first-order valence-corrected chi connectivity index (χ1v) is 6.83. The Morgan fingerprint density at radius 1 is 1.29 bits per heavy atom. The van der Waals surface area contributed by atoms with Gasteiger partial charge in [0.25, 0.3) is 5.91 Å². The minimum Gasteiger partial charge on any atom is -0.495 e. The van der Waals surface area contributed by atoms with E-state index in [1.54, 1.807) is 32.3 Å². The van der Waals surface area contributed by atoms with Gasteiger partial charge in [0.15, 0.2) is 0 Å². The highest BCUT2D eigenvalue weighted by Gasteiger charge is 2.19. The van der Waals surface area contributed by atoms with E-state index >= 15 is 0 Å². The summed E-state index contributed by atoms with van der Waals surface area (Å²) in [5.74, 6) is 0.206. The number of nitrogens with zero attached hydrogens (tertiary/aromatic N) is 2. The van der Waals surface area contributed by atoms with E-state index in [-0.39, 0.29) is 18.4 Å². The lowest BCUT2D eigenvalue weighted by Crippen LogP contribution is -2.40. The number of benzene rings is 1. The molecule has 2 N–H and O–H groups in total. The molecule has 6 nitrogen and oxygen atoms in total. The molecule has 0 bridgehead atoms. The Bertz CT molecular complexity index is 515. The van der Waals surface area contributed by atoms with E-state index in [1.807, 2.05) is 6.92 Å². The summed E-state index contributed by atoms with van der Waals surface area (Å²) in [6.07, 6.45) is 0.776. The second kappa shape index (κ2) is 7.52. The molecule has 0 aliphatic carbocycles. The van der Waals surface area contributed by atoms with Crippen molar-refractivity contribution in [1.29, 1.82) is 0 Å². The van der Waals surface area contributed by atoms with E-state index in [4.69, 9.17) is 10.5 Å². The van der Waals surface area contributed by atoms with Gasteiger partial charge in [0.1, 0.15) is 12.3 Å². The molecule has 2 amide bonds. The number of hydrogen-bond donors (Lipinski definition) is 1. The van der Waals surface area contributed by atoms with Gasteiger partial charge >= 0.3 is 0 Å². The molecule has 0 atom stereocenters. The van der Waals surface area contributed by atoms with Crippen LogP contribution in [0.2, 0.25) is 0 Å². The van der Waals surface area contributed by atoms with Crippen LogP contribution in [-0.4, -0.2) is 55.9 Å². The van der Waals surface area contributed by atoms with Crippen molar-refractivity contribution in [3.63, 3.8) is 0 Å². The van der Waals surface area contributed by atoms with Crippen molar-refractivity contribution in [3.05, 3.63) is 23.8 Å². The van der Waals surface area contributed by atoms with Gasteiger partial charge in [0, 0.05) is 26.2 Å². The van der Waals surface area contributed by atoms with Gasteiger partial charge < -0.3 is 20.3 Å². The molecule has 0 saturated carbocycles. The summed E-state index contributed by atoms with van der Waals surface area (Å²) in [5, 5.41) is 0. The molecule has 0 unspecified atom stereocenters. The fourth-order valence-electron chi connectivity index (χ4n) is 1.88. The zero-order valence-electron chi connectivity index (χ0n) is 13.0. The number of carbonyl (C=O) groups excluding carboxylic acids is 2. The normalized spacial score (nSPS) is 10.1. The lowest BCUT2D eigenvalue weighted by molar-refractivity contribution is -0.129. The molecular weight excluding hydrogens is 270 g/mol. The Kier molecular flexibility index (Phi) is 6.02. The van der Waals surface area contributed by atoms with Crippen LogP contribution in [0.25, 0.3) is 0 Å². The van der Waals surface area contributed by atoms with Crippen molar-refractivity contribution in [3.8, 4) is 5.75 Å². The SMILES string of the molecule is CCCN(CC(=O)N(C)C)C(=O)c1ccc(OC)c(N)c1. The molecule has 21 heavy (non-hydrogen) atoms. The van der Waals surface area contributed by atoms with Crippen LogP contribution in [0, 0.1) is 0 Å². The van der Waals surface area contributed by atoms with Crippen LogP contribution in [0.4, 0.5) is 5.69 Å². The minimum atomic E-state index is -0.207. The number of methoxy groups -OCH3 is 1. The molecule has 0 aliphatic rings. The molecule has 1 rings (SSSR count). The highest BCUT2D eigenvalue weighted by atomic mass is 16.5. The van der Waals surface area contributed by atoms with Gasteiger partial charge in [-0.1, -0.05) is 6.92 Å². The van der Waals surface area contributed by atoms with Gasteiger partial charge in [-0.2, -0.15) is 0 Å². The summed E-state index contributed by atoms with van der Waals surface area (Å²) >= 11 is 0. The second-order valence-electron chi connectivity index (χ2n) is 4.97. The van der Waals surface area contributed by atoms with Gasteiger partial charge in [0.2, 0.25) is 5.91 Å². The predicted octanol–water partition coefficient (Wildman–Crippen LogP) is 1.22. The fraction of sp³-hybridized carbons (Fsp3) is 0.467. The molecule has 0 heterocycles. The van der Waals surface area contributed by atoms with Crippen LogP contribution < -0.4 is 10.5 Å². The Balaban J connectivity index is 2.95. The average Bonchev–Trinajstić information content (AvgIpc) is 2.45. The van der Waals surface area contributed by atoms with Gasteiger partial charge in [-0.15, -0.1) is 0 Å². The number of nitrogens with two attached hydrogens (primary N) is 1. The fourth-order valence-corrected chi connectivity index (χ4v) is 1.88. The summed E-state index contributed by atoms with van der Waals surface area (Å²) in [6, 6.07) is 4.88. The van der Waals surface area contributed by atoms with Crippen LogP contribution in [0.1, 0.15) is 23.7 Å². The average molecular weight is 293 g/mol. The molecular formula is C15H23N3O3. The van der Waals surface area contributed by atoms with E-state index in [1.165, 1.54) is 16.9 Å². The summed E-state index contributed by atoms with van der Waals surface area (Å²) in [5.41, 5.74) is 6.68. The number of likely N-dealkylation sites (N-methyl/N-ethyl adjacent to an activating group) is 1. The van der Waals surface area contributed by atoms with E-state index in [0.29, 0.717) is 23.5 Å². The molecule has 6 heteroatoms. The van der Waals surface area contributed by atoms with Crippen LogP contribution >= 0.6 is 0 Å². The molecule has 0 saturated heterocycles. The van der Waals surface area contributed by atoms with Crippen molar-refractivity contribution >= 4 is 17.5 Å². The third-order valence-corrected chi connectivity index (χ3v) is 3.08.